The Hall–Kier alpha value is -0.870. The number of amides is 1. The van der Waals surface area contributed by atoms with Gasteiger partial charge in [-0.1, -0.05) is 12.1 Å². The van der Waals surface area contributed by atoms with Crippen molar-refractivity contribution in [3.05, 3.63) is 34.3 Å². The second kappa shape index (κ2) is 6.66. The van der Waals surface area contributed by atoms with E-state index in [0.29, 0.717) is 25.3 Å². The number of hydrogen-bond donors (Lipinski definition) is 0. The molecule has 0 aliphatic heterocycles. The summed E-state index contributed by atoms with van der Waals surface area (Å²) in [6, 6.07) is 7.42. The number of rotatable bonds is 5. The fraction of sp³-hybridized carbons (Fsp3) is 0.417. The summed E-state index contributed by atoms with van der Waals surface area (Å²) in [6.07, 6.45) is 0. The number of carbonyl (C=O) groups excluding carboxylic acids is 1. The third-order valence-corrected chi connectivity index (χ3v) is 2.92. The van der Waals surface area contributed by atoms with E-state index in [1.807, 2.05) is 31.2 Å². The van der Waals surface area contributed by atoms with Gasteiger partial charge >= 0.3 is 0 Å². The number of halogens is 1. The minimum absolute atomic E-state index is 0.00665. The first-order chi connectivity index (χ1) is 7.66. The first kappa shape index (κ1) is 13.2. The van der Waals surface area contributed by atoms with Crippen LogP contribution >= 0.6 is 15.9 Å². The standard InChI is InChI=1S/C12H16BrNO2/c1-3-16-9-8-14(2)12(15)10-6-4-5-7-11(10)13/h4-7H,3,8-9H2,1-2H3. The number of likely N-dealkylation sites (N-methyl/N-ethyl adjacent to an activating group) is 1. The zero-order valence-corrected chi connectivity index (χ0v) is 11.2. The van der Waals surface area contributed by atoms with Gasteiger partial charge in [-0.2, -0.15) is 0 Å². The molecule has 0 radical (unpaired) electrons. The number of carbonyl (C=O) groups is 1. The van der Waals surface area contributed by atoms with Crippen LogP contribution in [0, 0.1) is 0 Å². The SMILES string of the molecule is CCOCCN(C)C(=O)c1ccccc1Br. The summed E-state index contributed by atoms with van der Waals surface area (Å²) >= 11 is 3.37. The molecule has 0 aliphatic rings. The van der Waals surface area contributed by atoms with Crippen LogP contribution in [0.1, 0.15) is 17.3 Å². The molecule has 1 rings (SSSR count). The fourth-order valence-electron chi connectivity index (χ4n) is 1.29. The molecule has 0 N–H and O–H groups in total. The van der Waals surface area contributed by atoms with Crippen molar-refractivity contribution < 1.29 is 9.53 Å². The van der Waals surface area contributed by atoms with E-state index in [1.54, 1.807) is 11.9 Å². The van der Waals surface area contributed by atoms with Crippen molar-refractivity contribution in [3.8, 4) is 0 Å². The summed E-state index contributed by atoms with van der Waals surface area (Å²) in [5.41, 5.74) is 0.682. The molecule has 3 nitrogen and oxygen atoms in total. The number of ether oxygens (including phenoxy) is 1. The summed E-state index contributed by atoms with van der Waals surface area (Å²) in [5.74, 6) is 0.00665. The molecule has 0 spiro atoms. The van der Waals surface area contributed by atoms with E-state index in [2.05, 4.69) is 15.9 Å². The van der Waals surface area contributed by atoms with Crippen LogP contribution in [-0.4, -0.2) is 37.6 Å². The molecule has 1 amide bonds. The minimum Gasteiger partial charge on any atom is -0.380 e. The van der Waals surface area contributed by atoms with E-state index < -0.39 is 0 Å². The van der Waals surface area contributed by atoms with Gasteiger partial charge in [-0.3, -0.25) is 4.79 Å². The molecule has 0 aliphatic carbocycles. The molecule has 1 aromatic rings. The zero-order chi connectivity index (χ0) is 12.0. The Kier molecular flexibility index (Phi) is 5.49. The third kappa shape index (κ3) is 3.61. The van der Waals surface area contributed by atoms with Crippen molar-refractivity contribution in [1.29, 1.82) is 0 Å². The van der Waals surface area contributed by atoms with E-state index in [1.165, 1.54) is 0 Å². The maximum Gasteiger partial charge on any atom is 0.254 e. The van der Waals surface area contributed by atoms with Crippen LogP contribution in [-0.2, 0) is 4.74 Å². The zero-order valence-electron chi connectivity index (χ0n) is 9.57. The molecule has 0 aromatic heterocycles. The molecule has 0 unspecified atom stereocenters. The summed E-state index contributed by atoms with van der Waals surface area (Å²) in [5, 5.41) is 0. The van der Waals surface area contributed by atoms with Crippen LogP contribution < -0.4 is 0 Å². The molecule has 16 heavy (non-hydrogen) atoms. The second-order valence-corrected chi connectivity index (χ2v) is 4.26. The highest BCUT2D eigenvalue weighted by molar-refractivity contribution is 9.10. The van der Waals surface area contributed by atoms with Gasteiger partial charge in [0.05, 0.1) is 12.2 Å². The van der Waals surface area contributed by atoms with E-state index in [9.17, 15) is 4.79 Å². The molecular formula is C12H16BrNO2. The summed E-state index contributed by atoms with van der Waals surface area (Å²) < 4.78 is 6.04. The van der Waals surface area contributed by atoms with Gasteiger partial charge in [0.1, 0.15) is 0 Å². The van der Waals surface area contributed by atoms with Crippen molar-refractivity contribution in [2.75, 3.05) is 26.8 Å². The lowest BCUT2D eigenvalue weighted by Gasteiger charge is -2.17. The molecule has 4 heteroatoms. The van der Waals surface area contributed by atoms with Gasteiger partial charge in [0.2, 0.25) is 0 Å². The lowest BCUT2D eigenvalue weighted by molar-refractivity contribution is 0.0709. The Morgan fingerprint density at radius 2 is 2.12 bits per heavy atom. The van der Waals surface area contributed by atoms with Gasteiger partial charge in [-0.25, -0.2) is 0 Å². The molecule has 0 bridgehead atoms. The monoisotopic (exact) mass is 285 g/mol. The van der Waals surface area contributed by atoms with Crippen LogP contribution in [0.2, 0.25) is 0 Å². The highest BCUT2D eigenvalue weighted by Gasteiger charge is 2.13. The van der Waals surface area contributed by atoms with Crippen molar-refractivity contribution in [3.63, 3.8) is 0 Å². The Morgan fingerprint density at radius 3 is 2.75 bits per heavy atom. The quantitative estimate of drug-likeness (QED) is 0.779. The fourth-order valence-corrected chi connectivity index (χ4v) is 1.74. The highest BCUT2D eigenvalue weighted by Crippen LogP contribution is 2.17. The van der Waals surface area contributed by atoms with Crippen LogP contribution in [0.3, 0.4) is 0 Å². The van der Waals surface area contributed by atoms with Crippen LogP contribution in [0.25, 0.3) is 0 Å². The average Bonchev–Trinajstić information content (AvgIpc) is 2.29. The van der Waals surface area contributed by atoms with Crippen LogP contribution in [0.5, 0.6) is 0 Å². The van der Waals surface area contributed by atoms with Gasteiger partial charge in [0.15, 0.2) is 0 Å². The van der Waals surface area contributed by atoms with Crippen LogP contribution in [0.4, 0.5) is 0 Å². The lowest BCUT2D eigenvalue weighted by atomic mass is 10.2. The van der Waals surface area contributed by atoms with Gasteiger partial charge < -0.3 is 9.64 Å². The normalized spacial score (nSPS) is 10.2. The van der Waals surface area contributed by atoms with E-state index >= 15 is 0 Å². The summed E-state index contributed by atoms with van der Waals surface area (Å²) in [6.45, 7) is 3.80. The van der Waals surface area contributed by atoms with Crippen molar-refractivity contribution in [1.82, 2.24) is 4.90 Å². The van der Waals surface area contributed by atoms with E-state index in [0.717, 1.165) is 4.47 Å². The molecule has 88 valence electrons. The Labute approximate surface area is 105 Å². The van der Waals surface area contributed by atoms with E-state index in [4.69, 9.17) is 4.74 Å². The topological polar surface area (TPSA) is 29.5 Å². The predicted molar refractivity (Wildman–Crippen MR) is 67.6 cm³/mol. The molecule has 0 saturated carbocycles. The number of benzene rings is 1. The first-order valence-corrected chi connectivity index (χ1v) is 6.03. The summed E-state index contributed by atoms with van der Waals surface area (Å²) in [4.78, 5) is 13.7. The van der Waals surface area contributed by atoms with Crippen molar-refractivity contribution in [2.45, 2.75) is 6.92 Å². The lowest BCUT2D eigenvalue weighted by Crippen LogP contribution is -2.30. The van der Waals surface area contributed by atoms with Gasteiger partial charge in [-0.05, 0) is 35.0 Å². The molecule has 0 heterocycles. The van der Waals surface area contributed by atoms with Crippen LogP contribution in [0.15, 0.2) is 28.7 Å². The summed E-state index contributed by atoms with van der Waals surface area (Å²) in [7, 11) is 1.78. The Balaban J connectivity index is 2.60. The predicted octanol–water partition coefficient (Wildman–Crippen LogP) is 2.56. The number of hydrogen-bond acceptors (Lipinski definition) is 2. The molecular weight excluding hydrogens is 270 g/mol. The van der Waals surface area contributed by atoms with Gasteiger partial charge in [0, 0.05) is 24.7 Å². The Bertz CT molecular complexity index is 355. The minimum atomic E-state index is 0.00665. The second-order valence-electron chi connectivity index (χ2n) is 3.40. The first-order valence-electron chi connectivity index (χ1n) is 5.24. The molecule has 0 fully saturated rings. The average molecular weight is 286 g/mol. The molecule has 0 saturated heterocycles. The molecule has 1 aromatic carbocycles. The maximum atomic E-state index is 12.0. The van der Waals surface area contributed by atoms with E-state index in [-0.39, 0.29) is 5.91 Å². The number of nitrogens with zero attached hydrogens (tertiary/aromatic N) is 1. The van der Waals surface area contributed by atoms with Gasteiger partial charge in [0.25, 0.3) is 5.91 Å². The maximum absolute atomic E-state index is 12.0. The molecule has 0 atom stereocenters. The smallest absolute Gasteiger partial charge is 0.254 e. The largest absolute Gasteiger partial charge is 0.380 e. The third-order valence-electron chi connectivity index (χ3n) is 2.23. The Morgan fingerprint density at radius 1 is 1.44 bits per heavy atom. The highest BCUT2D eigenvalue weighted by atomic mass is 79.9. The van der Waals surface area contributed by atoms with Crippen molar-refractivity contribution in [2.24, 2.45) is 0 Å². The van der Waals surface area contributed by atoms with Crippen molar-refractivity contribution >= 4 is 21.8 Å². The van der Waals surface area contributed by atoms with Gasteiger partial charge in [-0.15, -0.1) is 0 Å².